The van der Waals surface area contributed by atoms with Crippen molar-refractivity contribution in [2.24, 2.45) is 5.41 Å². The van der Waals surface area contributed by atoms with Gasteiger partial charge in [0.05, 0.1) is 5.60 Å². The molecule has 2 N–H and O–H groups in total. The van der Waals surface area contributed by atoms with Crippen LogP contribution >= 0.6 is 0 Å². The van der Waals surface area contributed by atoms with Crippen molar-refractivity contribution >= 4 is 5.91 Å². The molecule has 0 saturated heterocycles. The highest BCUT2D eigenvalue weighted by Gasteiger charge is 2.16. The fourth-order valence-electron chi connectivity index (χ4n) is 1.78. The molecule has 0 bridgehead atoms. The van der Waals surface area contributed by atoms with E-state index in [1.54, 1.807) is 13.8 Å². The Kier molecular flexibility index (Phi) is 4.75. The molecular weight excluding hydrogens is 238 g/mol. The number of aliphatic hydroxyl groups is 1. The van der Waals surface area contributed by atoms with Gasteiger partial charge in [0.2, 0.25) is 5.91 Å². The van der Waals surface area contributed by atoms with Gasteiger partial charge in [0.1, 0.15) is 0 Å². The van der Waals surface area contributed by atoms with E-state index in [1.165, 1.54) is 0 Å². The van der Waals surface area contributed by atoms with Crippen LogP contribution in [0.25, 0.3) is 0 Å². The van der Waals surface area contributed by atoms with E-state index in [0.717, 1.165) is 11.1 Å². The minimum atomic E-state index is -0.825. The van der Waals surface area contributed by atoms with Crippen LogP contribution in [0.5, 0.6) is 0 Å². The van der Waals surface area contributed by atoms with Crippen LogP contribution in [-0.4, -0.2) is 11.0 Å². The first-order valence-corrected chi connectivity index (χ1v) is 6.66. The van der Waals surface area contributed by atoms with Crippen molar-refractivity contribution in [1.82, 2.24) is 5.32 Å². The Hall–Kier alpha value is -1.35. The standard InChI is InChI=1S/C16H25NO2/c1-15(2,3)10-14(18)17-11-12-6-8-13(9-7-12)16(4,5)19/h6-9,19H,10-11H2,1-5H3,(H,17,18). The summed E-state index contributed by atoms with van der Waals surface area (Å²) in [7, 11) is 0. The van der Waals surface area contributed by atoms with Gasteiger partial charge in [0, 0.05) is 13.0 Å². The Labute approximate surface area is 116 Å². The molecule has 3 nitrogen and oxygen atoms in total. The molecule has 19 heavy (non-hydrogen) atoms. The summed E-state index contributed by atoms with van der Waals surface area (Å²) in [4.78, 5) is 11.7. The maximum absolute atomic E-state index is 11.7. The van der Waals surface area contributed by atoms with Crippen molar-refractivity contribution in [3.05, 3.63) is 35.4 Å². The molecule has 0 aliphatic carbocycles. The molecule has 106 valence electrons. The van der Waals surface area contributed by atoms with E-state index < -0.39 is 5.60 Å². The highest BCUT2D eigenvalue weighted by atomic mass is 16.3. The van der Waals surface area contributed by atoms with Crippen molar-refractivity contribution in [2.75, 3.05) is 0 Å². The van der Waals surface area contributed by atoms with Crippen molar-refractivity contribution in [2.45, 2.75) is 53.2 Å². The Morgan fingerprint density at radius 2 is 1.63 bits per heavy atom. The summed E-state index contributed by atoms with van der Waals surface area (Å²) in [5.41, 5.74) is 1.09. The average molecular weight is 263 g/mol. The molecule has 1 aromatic rings. The summed E-state index contributed by atoms with van der Waals surface area (Å²) in [6, 6.07) is 7.66. The second-order valence-corrected chi connectivity index (χ2v) is 6.77. The lowest BCUT2D eigenvalue weighted by molar-refractivity contribution is -0.122. The molecule has 0 unspecified atom stereocenters. The van der Waals surface area contributed by atoms with Crippen molar-refractivity contribution in [3.8, 4) is 0 Å². The third kappa shape index (κ3) is 5.88. The van der Waals surface area contributed by atoms with E-state index in [0.29, 0.717) is 13.0 Å². The maximum Gasteiger partial charge on any atom is 0.220 e. The van der Waals surface area contributed by atoms with Gasteiger partial charge in [0.15, 0.2) is 0 Å². The number of benzene rings is 1. The van der Waals surface area contributed by atoms with Crippen LogP contribution in [-0.2, 0) is 16.9 Å². The molecule has 0 heterocycles. The molecule has 3 heteroatoms. The summed E-state index contributed by atoms with van der Waals surface area (Å²) in [6.45, 7) is 10.2. The molecule has 0 atom stereocenters. The smallest absolute Gasteiger partial charge is 0.220 e. The molecule has 0 aliphatic rings. The molecule has 0 saturated carbocycles. The number of carbonyl (C=O) groups is 1. The summed E-state index contributed by atoms with van der Waals surface area (Å²) < 4.78 is 0. The first-order chi connectivity index (χ1) is 8.58. The van der Waals surface area contributed by atoms with Gasteiger partial charge < -0.3 is 10.4 Å². The first-order valence-electron chi connectivity index (χ1n) is 6.66. The number of hydrogen-bond acceptors (Lipinski definition) is 2. The molecule has 0 spiro atoms. The van der Waals surface area contributed by atoms with Gasteiger partial charge in [-0.2, -0.15) is 0 Å². The van der Waals surface area contributed by atoms with Crippen molar-refractivity contribution < 1.29 is 9.90 Å². The second kappa shape index (κ2) is 5.74. The first kappa shape index (κ1) is 15.7. The lowest BCUT2D eigenvalue weighted by Gasteiger charge is -2.19. The number of rotatable bonds is 4. The summed E-state index contributed by atoms with van der Waals surface area (Å²) in [6.07, 6.45) is 0.523. The zero-order valence-corrected chi connectivity index (χ0v) is 12.6. The summed E-state index contributed by atoms with van der Waals surface area (Å²) in [5.74, 6) is 0.0686. The average Bonchev–Trinajstić information content (AvgIpc) is 2.23. The summed E-state index contributed by atoms with van der Waals surface area (Å²) in [5, 5.41) is 12.8. The predicted molar refractivity (Wildman–Crippen MR) is 77.6 cm³/mol. The van der Waals surface area contributed by atoms with E-state index in [1.807, 2.05) is 45.0 Å². The van der Waals surface area contributed by atoms with Crippen LogP contribution in [0, 0.1) is 5.41 Å². The second-order valence-electron chi connectivity index (χ2n) is 6.77. The van der Waals surface area contributed by atoms with E-state index in [-0.39, 0.29) is 11.3 Å². The Balaban J connectivity index is 2.53. The predicted octanol–water partition coefficient (Wildman–Crippen LogP) is 2.97. The van der Waals surface area contributed by atoms with Gasteiger partial charge in [-0.3, -0.25) is 4.79 Å². The van der Waals surface area contributed by atoms with Gasteiger partial charge in [-0.05, 0) is 30.4 Å². The number of carbonyl (C=O) groups excluding carboxylic acids is 1. The largest absolute Gasteiger partial charge is 0.386 e. The van der Waals surface area contributed by atoms with Gasteiger partial charge in [0.25, 0.3) is 0 Å². The molecule has 0 fully saturated rings. The minimum Gasteiger partial charge on any atom is -0.386 e. The highest BCUT2D eigenvalue weighted by molar-refractivity contribution is 5.76. The van der Waals surface area contributed by atoms with Crippen LogP contribution in [0.1, 0.15) is 52.2 Å². The van der Waals surface area contributed by atoms with E-state index in [9.17, 15) is 9.90 Å². The molecular formula is C16H25NO2. The Morgan fingerprint density at radius 1 is 1.11 bits per heavy atom. The SMILES string of the molecule is CC(C)(C)CC(=O)NCc1ccc(C(C)(C)O)cc1. The van der Waals surface area contributed by atoms with Crippen LogP contribution < -0.4 is 5.32 Å². The fraction of sp³-hybridized carbons (Fsp3) is 0.562. The monoisotopic (exact) mass is 263 g/mol. The van der Waals surface area contributed by atoms with Gasteiger partial charge in [-0.15, -0.1) is 0 Å². The molecule has 0 aliphatic heterocycles. The lowest BCUT2D eigenvalue weighted by atomic mass is 9.92. The zero-order chi connectivity index (χ0) is 14.7. The topological polar surface area (TPSA) is 49.3 Å². The van der Waals surface area contributed by atoms with Crippen LogP contribution in [0.2, 0.25) is 0 Å². The third-order valence-electron chi connectivity index (χ3n) is 2.84. The summed E-state index contributed by atoms with van der Waals surface area (Å²) >= 11 is 0. The maximum atomic E-state index is 11.7. The van der Waals surface area contributed by atoms with Gasteiger partial charge in [-0.25, -0.2) is 0 Å². The highest BCUT2D eigenvalue weighted by Crippen LogP contribution is 2.20. The molecule has 0 aromatic heterocycles. The Morgan fingerprint density at radius 3 is 2.05 bits per heavy atom. The zero-order valence-electron chi connectivity index (χ0n) is 12.6. The third-order valence-corrected chi connectivity index (χ3v) is 2.84. The number of amides is 1. The Bertz CT molecular complexity index is 422. The van der Waals surface area contributed by atoms with E-state index >= 15 is 0 Å². The van der Waals surface area contributed by atoms with E-state index in [2.05, 4.69) is 5.32 Å². The van der Waals surface area contributed by atoms with Gasteiger partial charge >= 0.3 is 0 Å². The van der Waals surface area contributed by atoms with Crippen molar-refractivity contribution in [3.63, 3.8) is 0 Å². The quantitative estimate of drug-likeness (QED) is 0.877. The minimum absolute atomic E-state index is 0.00878. The number of hydrogen-bond donors (Lipinski definition) is 2. The normalized spacial score (nSPS) is 12.3. The number of nitrogens with one attached hydrogen (secondary N) is 1. The molecule has 1 rings (SSSR count). The molecule has 1 aromatic carbocycles. The van der Waals surface area contributed by atoms with E-state index in [4.69, 9.17) is 0 Å². The van der Waals surface area contributed by atoms with Crippen molar-refractivity contribution in [1.29, 1.82) is 0 Å². The van der Waals surface area contributed by atoms with Crippen LogP contribution in [0.15, 0.2) is 24.3 Å². The molecule has 0 radical (unpaired) electrons. The fourth-order valence-corrected chi connectivity index (χ4v) is 1.78. The lowest BCUT2D eigenvalue weighted by Crippen LogP contribution is -2.27. The van der Waals surface area contributed by atoms with Crippen LogP contribution in [0.3, 0.4) is 0 Å². The molecule has 1 amide bonds. The van der Waals surface area contributed by atoms with Gasteiger partial charge in [-0.1, -0.05) is 45.0 Å². The van der Waals surface area contributed by atoms with Crippen LogP contribution in [0.4, 0.5) is 0 Å².